The molecule has 2 rings (SSSR count). The molecule has 1 N–H and O–H groups in total. The number of fused-ring (bicyclic) bond motifs is 1. The van der Waals surface area contributed by atoms with Crippen LogP contribution in [-0.2, 0) is 28.6 Å². The molecule has 9 nitrogen and oxygen atoms in total. The Morgan fingerprint density at radius 2 is 1.93 bits per heavy atom. The number of amides is 1. The van der Waals surface area contributed by atoms with E-state index in [0.717, 1.165) is 11.0 Å². The first-order valence-electron chi connectivity index (χ1n) is 8.61. The average Bonchev–Trinajstić information content (AvgIpc) is 2.78. The Labute approximate surface area is 165 Å². The van der Waals surface area contributed by atoms with E-state index in [1.165, 1.54) is 0 Å². The minimum absolute atomic E-state index is 0.164. The lowest BCUT2D eigenvalue weighted by Crippen LogP contribution is -2.48. The number of nitrogens with zero attached hydrogens (tertiary/aromatic N) is 1. The van der Waals surface area contributed by atoms with Crippen molar-refractivity contribution in [1.29, 1.82) is 0 Å². The molecule has 0 aromatic rings. The van der Waals surface area contributed by atoms with E-state index in [9.17, 15) is 36.3 Å². The number of Topliss-reactive ketones (excluding diaryl/α,β-unsaturated/α-hetero) is 1. The molecule has 1 fully saturated rings. The summed E-state index contributed by atoms with van der Waals surface area (Å²) in [4.78, 5) is 25.7. The lowest BCUT2D eigenvalue weighted by Gasteiger charge is -2.29. The van der Waals surface area contributed by atoms with E-state index in [-0.39, 0.29) is 19.6 Å². The van der Waals surface area contributed by atoms with Gasteiger partial charge >= 0.3 is 21.7 Å². The molecular weight excluding hydrogens is 423 g/mol. The fourth-order valence-corrected chi connectivity index (χ4v) is 3.63. The Kier molecular flexibility index (Phi) is 6.55. The molecule has 0 radical (unpaired) electrons. The number of likely N-dealkylation sites (tertiary alicyclic amines) is 1. The third-order valence-corrected chi connectivity index (χ3v) is 5.22. The Hall–Kier alpha value is -1.86. The summed E-state index contributed by atoms with van der Waals surface area (Å²) in [5.74, 6) is -1.99. The van der Waals surface area contributed by atoms with Gasteiger partial charge in [0.25, 0.3) is 0 Å². The maximum atomic E-state index is 12.6. The molecule has 0 unspecified atom stereocenters. The molecule has 2 heterocycles. The third-order valence-electron chi connectivity index (χ3n) is 4.22. The van der Waals surface area contributed by atoms with Crippen LogP contribution in [0.4, 0.5) is 18.0 Å². The largest absolute Gasteiger partial charge is 0.534 e. The summed E-state index contributed by atoms with van der Waals surface area (Å²) in [5.41, 5.74) is -6.49. The second kappa shape index (κ2) is 8.11. The molecule has 0 spiro atoms. The SMILES string of the molecule is CC(C)(C)OC(=O)N1C[C@@H]2CC(OS(=O)(=O)C(F)(F)F)=CCO[C@H]2[C@H]1C(=O)CO. The number of hydrogen-bond acceptors (Lipinski definition) is 8. The second-order valence-electron chi connectivity index (χ2n) is 7.62. The van der Waals surface area contributed by atoms with Crippen molar-refractivity contribution in [2.45, 2.75) is 50.4 Å². The number of aliphatic hydroxyl groups excluding tert-OH is 1. The molecule has 29 heavy (non-hydrogen) atoms. The smallest absolute Gasteiger partial charge is 0.444 e. The Balaban J connectivity index is 2.25. The highest BCUT2D eigenvalue weighted by atomic mass is 32.2. The van der Waals surface area contributed by atoms with Gasteiger partial charge < -0.3 is 18.8 Å². The van der Waals surface area contributed by atoms with Crippen LogP contribution in [0.3, 0.4) is 0 Å². The van der Waals surface area contributed by atoms with E-state index in [1.807, 2.05) is 0 Å². The first-order valence-corrected chi connectivity index (χ1v) is 10.0. The van der Waals surface area contributed by atoms with Gasteiger partial charge in [-0.3, -0.25) is 9.69 Å². The highest BCUT2D eigenvalue weighted by molar-refractivity contribution is 7.87. The summed E-state index contributed by atoms with van der Waals surface area (Å²) in [6, 6.07) is -1.23. The molecule has 1 saturated heterocycles. The molecule has 166 valence electrons. The minimum Gasteiger partial charge on any atom is -0.444 e. The van der Waals surface area contributed by atoms with Crippen LogP contribution in [0.15, 0.2) is 11.8 Å². The van der Waals surface area contributed by atoms with Gasteiger partial charge in [-0.15, -0.1) is 0 Å². The molecule has 0 aromatic heterocycles. The van der Waals surface area contributed by atoms with Gasteiger partial charge in [0, 0.05) is 18.9 Å². The molecule has 13 heteroatoms. The molecule has 2 aliphatic heterocycles. The van der Waals surface area contributed by atoms with Crippen molar-refractivity contribution in [3.63, 3.8) is 0 Å². The van der Waals surface area contributed by atoms with Crippen LogP contribution < -0.4 is 0 Å². The average molecular weight is 445 g/mol. The van der Waals surface area contributed by atoms with Gasteiger partial charge in [-0.2, -0.15) is 21.6 Å². The van der Waals surface area contributed by atoms with Crippen molar-refractivity contribution >= 4 is 22.0 Å². The number of aliphatic hydroxyl groups is 1. The zero-order chi connectivity index (χ0) is 22.2. The van der Waals surface area contributed by atoms with E-state index in [0.29, 0.717) is 0 Å². The van der Waals surface area contributed by atoms with E-state index >= 15 is 0 Å². The quantitative estimate of drug-likeness (QED) is 0.508. The zero-order valence-electron chi connectivity index (χ0n) is 15.9. The number of carbonyl (C=O) groups is 2. The van der Waals surface area contributed by atoms with Gasteiger partial charge in [-0.05, 0) is 26.8 Å². The monoisotopic (exact) mass is 445 g/mol. The topological polar surface area (TPSA) is 119 Å². The molecular formula is C16H22F3NO8S. The van der Waals surface area contributed by atoms with Gasteiger partial charge in [0.1, 0.15) is 24.0 Å². The van der Waals surface area contributed by atoms with Gasteiger partial charge in [0.2, 0.25) is 0 Å². The van der Waals surface area contributed by atoms with Gasteiger partial charge in [0.15, 0.2) is 5.78 Å². The predicted octanol–water partition coefficient (Wildman–Crippen LogP) is 1.32. The fourth-order valence-electron chi connectivity index (χ4n) is 3.12. The summed E-state index contributed by atoms with van der Waals surface area (Å²) in [7, 11) is -5.87. The molecule has 0 aliphatic carbocycles. The van der Waals surface area contributed by atoms with Crippen LogP contribution in [0.2, 0.25) is 0 Å². The highest BCUT2D eigenvalue weighted by Gasteiger charge is 2.52. The number of alkyl halides is 3. The maximum Gasteiger partial charge on any atom is 0.534 e. The van der Waals surface area contributed by atoms with E-state index in [2.05, 4.69) is 4.18 Å². The summed E-state index contributed by atoms with van der Waals surface area (Å²) in [6.45, 7) is 3.42. The van der Waals surface area contributed by atoms with Crippen LogP contribution in [0.1, 0.15) is 27.2 Å². The summed E-state index contributed by atoms with van der Waals surface area (Å²) in [6.07, 6.45) is -1.14. The van der Waals surface area contributed by atoms with Crippen molar-refractivity contribution in [3.8, 4) is 0 Å². The lowest BCUT2D eigenvalue weighted by molar-refractivity contribution is -0.130. The summed E-state index contributed by atoms with van der Waals surface area (Å²) < 4.78 is 75.2. The number of hydrogen-bond donors (Lipinski definition) is 1. The van der Waals surface area contributed by atoms with E-state index < -0.39 is 63.5 Å². The molecule has 0 aromatic carbocycles. The predicted molar refractivity (Wildman–Crippen MR) is 90.8 cm³/mol. The number of rotatable bonds is 4. The standard InChI is InChI=1S/C16H22F3NO8S/c1-15(2,3)27-14(23)20-7-9-6-10(28-29(24,25)16(17,18)19)4-5-26-13(9)12(20)11(22)8-21/h4,9,12-13,21H,5-8H2,1-3H3/t9-,12+,13+/m0/s1. The second-order valence-corrected chi connectivity index (χ2v) is 9.16. The lowest BCUT2D eigenvalue weighted by atomic mass is 9.96. The number of halogens is 3. The third kappa shape index (κ3) is 5.39. The van der Waals surface area contributed by atoms with E-state index in [4.69, 9.17) is 9.47 Å². The minimum atomic E-state index is -5.87. The number of carbonyl (C=O) groups excluding carboxylic acids is 2. The normalized spacial score (nSPS) is 25.7. The molecule has 2 aliphatic rings. The van der Waals surface area contributed by atoms with Gasteiger partial charge in [-0.25, -0.2) is 4.79 Å². The Bertz CT molecular complexity index is 787. The van der Waals surface area contributed by atoms with Crippen molar-refractivity contribution in [1.82, 2.24) is 4.90 Å². The number of ether oxygens (including phenoxy) is 2. The van der Waals surface area contributed by atoms with Crippen molar-refractivity contribution in [2.24, 2.45) is 5.92 Å². The van der Waals surface area contributed by atoms with Crippen molar-refractivity contribution in [2.75, 3.05) is 19.8 Å². The van der Waals surface area contributed by atoms with Gasteiger partial charge in [-0.1, -0.05) is 0 Å². The molecule has 0 bridgehead atoms. The molecule has 1 amide bonds. The van der Waals surface area contributed by atoms with Crippen LogP contribution in [-0.4, -0.2) is 73.3 Å². The van der Waals surface area contributed by atoms with Crippen LogP contribution >= 0.6 is 0 Å². The van der Waals surface area contributed by atoms with Crippen molar-refractivity contribution in [3.05, 3.63) is 11.8 Å². The zero-order valence-corrected chi connectivity index (χ0v) is 16.7. The summed E-state index contributed by atoms with van der Waals surface area (Å²) in [5, 5.41) is 9.26. The molecule has 0 saturated carbocycles. The van der Waals surface area contributed by atoms with E-state index in [1.54, 1.807) is 20.8 Å². The van der Waals surface area contributed by atoms with Crippen LogP contribution in [0, 0.1) is 5.92 Å². The highest BCUT2D eigenvalue weighted by Crippen LogP contribution is 2.36. The van der Waals surface area contributed by atoms with Crippen LogP contribution in [0.25, 0.3) is 0 Å². The molecule has 3 atom stereocenters. The number of allylic oxidation sites excluding steroid dienone is 1. The Morgan fingerprint density at radius 1 is 1.31 bits per heavy atom. The first-order chi connectivity index (χ1) is 13.2. The van der Waals surface area contributed by atoms with Gasteiger partial charge in [0.05, 0.1) is 12.7 Å². The number of ketones is 1. The Morgan fingerprint density at radius 3 is 2.45 bits per heavy atom. The van der Waals surface area contributed by atoms with Crippen LogP contribution in [0.5, 0.6) is 0 Å². The van der Waals surface area contributed by atoms with Crippen molar-refractivity contribution < 1.29 is 49.9 Å². The summed E-state index contributed by atoms with van der Waals surface area (Å²) >= 11 is 0. The fraction of sp³-hybridized carbons (Fsp3) is 0.750. The first kappa shape index (κ1) is 23.4. The maximum absolute atomic E-state index is 12.6.